The van der Waals surface area contributed by atoms with E-state index < -0.39 is 10.0 Å². The number of hydrogen-bond donors (Lipinski definition) is 1. The van der Waals surface area contributed by atoms with E-state index in [2.05, 4.69) is 5.32 Å². The van der Waals surface area contributed by atoms with Gasteiger partial charge in [-0.3, -0.25) is 0 Å². The van der Waals surface area contributed by atoms with Gasteiger partial charge in [-0.15, -0.1) is 0 Å². The van der Waals surface area contributed by atoms with Gasteiger partial charge in [-0.1, -0.05) is 13.3 Å². The Labute approximate surface area is 105 Å². The van der Waals surface area contributed by atoms with Gasteiger partial charge in [0.2, 0.25) is 10.0 Å². The van der Waals surface area contributed by atoms with E-state index in [-0.39, 0.29) is 6.04 Å². The zero-order valence-electron chi connectivity index (χ0n) is 10.7. The van der Waals surface area contributed by atoms with E-state index in [0.29, 0.717) is 11.8 Å². The molecule has 2 aliphatic rings. The first kappa shape index (κ1) is 13.3. The molecule has 17 heavy (non-hydrogen) atoms. The zero-order valence-corrected chi connectivity index (χ0v) is 11.5. The lowest BCUT2D eigenvalue weighted by Gasteiger charge is -2.28. The maximum Gasteiger partial charge on any atom is 0.214 e. The SMILES string of the molecule is CCCCS(=O)(=O)N1CCCC1C1CCCN1. The molecule has 2 aliphatic heterocycles. The molecule has 0 aliphatic carbocycles. The van der Waals surface area contributed by atoms with Crippen LogP contribution in [0.3, 0.4) is 0 Å². The van der Waals surface area contributed by atoms with E-state index >= 15 is 0 Å². The molecule has 0 radical (unpaired) electrons. The predicted molar refractivity (Wildman–Crippen MR) is 69.4 cm³/mol. The highest BCUT2D eigenvalue weighted by molar-refractivity contribution is 7.89. The second kappa shape index (κ2) is 5.67. The van der Waals surface area contributed by atoms with Crippen molar-refractivity contribution < 1.29 is 8.42 Å². The summed E-state index contributed by atoms with van der Waals surface area (Å²) in [5.74, 6) is 0.326. The van der Waals surface area contributed by atoms with Crippen molar-refractivity contribution in [3.8, 4) is 0 Å². The molecule has 0 saturated carbocycles. The minimum atomic E-state index is -3.02. The average molecular weight is 260 g/mol. The lowest BCUT2D eigenvalue weighted by molar-refractivity contribution is 0.321. The smallest absolute Gasteiger partial charge is 0.214 e. The monoisotopic (exact) mass is 260 g/mol. The second-order valence-electron chi connectivity index (χ2n) is 5.19. The molecule has 2 unspecified atom stereocenters. The van der Waals surface area contributed by atoms with E-state index in [0.717, 1.165) is 45.2 Å². The Morgan fingerprint density at radius 1 is 1.29 bits per heavy atom. The summed E-state index contributed by atoms with van der Waals surface area (Å²) in [6.07, 6.45) is 6.09. The van der Waals surface area contributed by atoms with Gasteiger partial charge in [-0.25, -0.2) is 8.42 Å². The van der Waals surface area contributed by atoms with E-state index in [9.17, 15) is 8.42 Å². The Hall–Kier alpha value is -0.130. The van der Waals surface area contributed by atoms with Crippen LogP contribution in [0.5, 0.6) is 0 Å². The fourth-order valence-corrected chi connectivity index (χ4v) is 4.96. The second-order valence-corrected chi connectivity index (χ2v) is 7.23. The van der Waals surface area contributed by atoms with Crippen molar-refractivity contribution in [2.24, 2.45) is 0 Å². The van der Waals surface area contributed by atoms with Gasteiger partial charge in [0, 0.05) is 18.6 Å². The summed E-state index contributed by atoms with van der Waals surface area (Å²) in [4.78, 5) is 0. The Morgan fingerprint density at radius 3 is 2.76 bits per heavy atom. The highest BCUT2D eigenvalue weighted by Gasteiger charge is 2.39. The predicted octanol–water partition coefficient (Wildman–Crippen LogP) is 1.33. The minimum absolute atomic E-state index is 0.222. The Morgan fingerprint density at radius 2 is 2.12 bits per heavy atom. The average Bonchev–Trinajstić information content (AvgIpc) is 2.95. The lowest BCUT2D eigenvalue weighted by atomic mass is 10.1. The lowest BCUT2D eigenvalue weighted by Crippen LogP contribution is -2.47. The van der Waals surface area contributed by atoms with Crippen LogP contribution in [0.1, 0.15) is 45.4 Å². The Bertz CT molecular complexity index is 336. The molecule has 4 nitrogen and oxygen atoms in total. The van der Waals surface area contributed by atoms with Crippen LogP contribution < -0.4 is 5.32 Å². The first-order valence-electron chi connectivity index (χ1n) is 6.88. The summed E-state index contributed by atoms with van der Waals surface area (Å²) in [5, 5.41) is 3.45. The Kier molecular flexibility index (Phi) is 4.44. The van der Waals surface area contributed by atoms with Crippen molar-refractivity contribution in [2.45, 2.75) is 57.5 Å². The molecule has 0 aromatic heterocycles. The van der Waals surface area contributed by atoms with Crippen molar-refractivity contribution in [3.63, 3.8) is 0 Å². The van der Waals surface area contributed by atoms with Crippen LogP contribution in [-0.2, 0) is 10.0 Å². The number of unbranched alkanes of at least 4 members (excludes halogenated alkanes) is 1. The molecule has 2 rings (SSSR count). The maximum atomic E-state index is 12.3. The molecule has 2 atom stereocenters. The third-order valence-electron chi connectivity index (χ3n) is 3.92. The van der Waals surface area contributed by atoms with E-state index in [1.54, 1.807) is 4.31 Å². The fraction of sp³-hybridized carbons (Fsp3) is 1.00. The molecule has 2 heterocycles. The van der Waals surface area contributed by atoms with E-state index in [4.69, 9.17) is 0 Å². The van der Waals surface area contributed by atoms with E-state index in [1.165, 1.54) is 6.42 Å². The van der Waals surface area contributed by atoms with Gasteiger partial charge in [0.15, 0.2) is 0 Å². The molecule has 0 amide bonds. The summed E-state index contributed by atoms with van der Waals surface area (Å²) in [5.41, 5.74) is 0. The number of sulfonamides is 1. The van der Waals surface area contributed by atoms with Gasteiger partial charge in [-0.2, -0.15) is 4.31 Å². The Balaban J connectivity index is 2.03. The van der Waals surface area contributed by atoms with E-state index in [1.807, 2.05) is 6.92 Å². The molecule has 0 bridgehead atoms. The van der Waals surface area contributed by atoms with Gasteiger partial charge in [0.05, 0.1) is 5.75 Å². The summed E-state index contributed by atoms with van der Waals surface area (Å²) >= 11 is 0. The molecule has 0 spiro atoms. The molecular weight excluding hydrogens is 236 g/mol. The molecule has 0 aromatic carbocycles. The van der Waals surface area contributed by atoms with Crippen LogP contribution in [0.4, 0.5) is 0 Å². The van der Waals surface area contributed by atoms with Gasteiger partial charge in [-0.05, 0) is 38.6 Å². The largest absolute Gasteiger partial charge is 0.312 e. The highest BCUT2D eigenvalue weighted by atomic mass is 32.2. The molecule has 2 fully saturated rings. The fourth-order valence-electron chi connectivity index (χ4n) is 3.00. The molecule has 5 heteroatoms. The van der Waals surface area contributed by atoms with Crippen LogP contribution in [-0.4, -0.2) is 43.6 Å². The number of nitrogens with zero attached hydrogens (tertiary/aromatic N) is 1. The van der Waals surface area contributed by atoms with Gasteiger partial charge in [0.1, 0.15) is 0 Å². The summed E-state index contributed by atoms with van der Waals surface area (Å²) in [6, 6.07) is 0.619. The van der Waals surface area contributed by atoms with Gasteiger partial charge < -0.3 is 5.32 Å². The molecule has 100 valence electrons. The number of rotatable bonds is 5. The normalized spacial score (nSPS) is 31.1. The summed E-state index contributed by atoms with van der Waals surface area (Å²) in [7, 11) is -3.02. The van der Waals surface area contributed by atoms with Crippen molar-refractivity contribution in [1.29, 1.82) is 0 Å². The van der Waals surface area contributed by atoms with Crippen molar-refractivity contribution in [2.75, 3.05) is 18.8 Å². The highest BCUT2D eigenvalue weighted by Crippen LogP contribution is 2.27. The minimum Gasteiger partial charge on any atom is -0.312 e. The zero-order chi connectivity index (χ0) is 12.3. The van der Waals surface area contributed by atoms with Gasteiger partial charge in [0.25, 0.3) is 0 Å². The third-order valence-corrected chi connectivity index (χ3v) is 5.90. The van der Waals surface area contributed by atoms with Gasteiger partial charge >= 0.3 is 0 Å². The topological polar surface area (TPSA) is 49.4 Å². The summed E-state index contributed by atoms with van der Waals surface area (Å²) in [6.45, 7) is 3.81. The van der Waals surface area contributed by atoms with Crippen molar-refractivity contribution in [3.05, 3.63) is 0 Å². The maximum absolute atomic E-state index is 12.3. The standard InChI is InChI=1S/C12H24N2O2S/c1-2-3-10-17(15,16)14-9-5-7-12(14)11-6-4-8-13-11/h11-13H,2-10H2,1H3. The molecule has 2 saturated heterocycles. The van der Waals surface area contributed by atoms with Crippen molar-refractivity contribution in [1.82, 2.24) is 9.62 Å². The molecular formula is C12H24N2O2S. The first-order chi connectivity index (χ1) is 8.15. The number of nitrogens with one attached hydrogen (secondary N) is 1. The van der Waals surface area contributed by atoms with Crippen molar-refractivity contribution >= 4 is 10.0 Å². The third kappa shape index (κ3) is 3.01. The van der Waals surface area contributed by atoms with Crippen LogP contribution in [0.2, 0.25) is 0 Å². The molecule has 0 aromatic rings. The quantitative estimate of drug-likeness (QED) is 0.811. The number of hydrogen-bond acceptors (Lipinski definition) is 3. The van der Waals surface area contributed by atoms with Crippen LogP contribution >= 0.6 is 0 Å². The molecule has 1 N–H and O–H groups in total. The first-order valence-corrected chi connectivity index (χ1v) is 8.49. The van der Waals surface area contributed by atoms with Crippen LogP contribution in [0, 0.1) is 0 Å². The van der Waals surface area contributed by atoms with Crippen LogP contribution in [0.25, 0.3) is 0 Å². The van der Waals surface area contributed by atoms with Crippen LogP contribution in [0.15, 0.2) is 0 Å². The summed E-state index contributed by atoms with van der Waals surface area (Å²) < 4.78 is 26.3.